The van der Waals surface area contributed by atoms with Crippen molar-refractivity contribution in [2.75, 3.05) is 50.8 Å². The third-order valence-electron chi connectivity index (χ3n) is 7.41. The summed E-state index contributed by atoms with van der Waals surface area (Å²) in [6.45, 7) is 9.71. The van der Waals surface area contributed by atoms with Crippen LogP contribution in [0.3, 0.4) is 0 Å². The van der Waals surface area contributed by atoms with E-state index in [4.69, 9.17) is 4.74 Å². The fourth-order valence-electron chi connectivity index (χ4n) is 5.61. The maximum Gasteiger partial charge on any atom is 0.296 e. The minimum Gasteiger partial charge on any atom is -0.507 e. The maximum atomic E-state index is 14.3. The van der Waals surface area contributed by atoms with Crippen molar-refractivity contribution in [3.8, 4) is 0 Å². The van der Waals surface area contributed by atoms with Crippen molar-refractivity contribution >= 4 is 29.0 Å². The zero-order chi connectivity index (χ0) is 26.2. The summed E-state index contributed by atoms with van der Waals surface area (Å²) >= 11 is 0. The number of ether oxygens (including phenoxy) is 1. The molecule has 2 amide bonds. The van der Waals surface area contributed by atoms with Gasteiger partial charge in [0.15, 0.2) is 5.54 Å². The number of benzene rings is 2. The number of morpholine rings is 1. The van der Waals surface area contributed by atoms with E-state index in [0.717, 1.165) is 18.7 Å². The van der Waals surface area contributed by atoms with Gasteiger partial charge in [-0.1, -0.05) is 54.1 Å². The molecule has 1 atom stereocenters. The van der Waals surface area contributed by atoms with Crippen LogP contribution in [-0.4, -0.2) is 78.4 Å². The van der Waals surface area contributed by atoms with Gasteiger partial charge in [-0.3, -0.25) is 19.3 Å². The van der Waals surface area contributed by atoms with Crippen LogP contribution in [0.15, 0.2) is 66.8 Å². The summed E-state index contributed by atoms with van der Waals surface area (Å²) in [5.41, 5.74) is 0.548. The number of amides is 2. The van der Waals surface area contributed by atoms with E-state index in [1.807, 2.05) is 25.1 Å². The predicted molar refractivity (Wildman–Crippen MR) is 140 cm³/mol. The van der Waals surface area contributed by atoms with Gasteiger partial charge in [0.05, 0.1) is 24.5 Å². The number of fused-ring (bicyclic) bond motifs is 2. The van der Waals surface area contributed by atoms with E-state index in [2.05, 4.69) is 11.5 Å². The number of rotatable bonds is 7. The number of hydrogen-bond acceptors (Lipinski definition) is 6. The van der Waals surface area contributed by atoms with Crippen LogP contribution < -0.4 is 4.90 Å². The van der Waals surface area contributed by atoms with Gasteiger partial charge in [0.25, 0.3) is 17.6 Å². The normalized spacial score (nSPS) is 23.2. The molecule has 0 aromatic heterocycles. The molecule has 0 radical (unpaired) electrons. The maximum absolute atomic E-state index is 14.3. The first-order valence-electron chi connectivity index (χ1n) is 12.6. The first-order valence-corrected chi connectivity index (χ1v) is 12.6. The van der Waals surface area contributed by atoms with E-state index < -0.39 is 23.1 Å². The minimum absolute atomic E-state index is 0.184. The Morgan fingerprint density at radius 2 is 1.76 bits per heavy atom. The summed E-state index contributed by atoms with van der Waals surface area (Å²) in [6.07, 6.45) is 2.18. The number of ketones is 1. The fraction of sp³-hybridized carbons (Fsp3) is 0.345. The molecule has 1 unspecified atom stereocenters. The molecule has 0 aliphatic carbocycles. The molecule has 0 saturated carbocycles. The minimum atomic E-state index is -1.74. The molecule has 1 N–H and O–H groups in total. The SMILES string of the molecule is C=CCN1C(=O)C2(/C(=C(/O)c3ccc(C)cc3)C(=O)C(=O)N2CCCN2CCOCC2)c2ccccc21. The van der Waals surface area contributed by atoms with Gasteiger partial charge < -0.3 is 19.6 Å². The Kier molecular flexibility index (Phi) is 6.70. The summed E-state index contributed by atoms with van der Waals surface area (Å²) in [7, 11) is 0. The molecule has 3 heterocycles. The zero-order valence-corrected chi connectivity index (χ0v) is 21.0. The number of carbonyl (C=O) groups excluding carboxylic acids is 3. The van der Waals surface area contributed by atoms with Crippen LogP contribution in [0.4, 0.5) is 5.69 Å². The van der Waals surface area contributed by atoms with Gasteiger partial charge in [-0.2, -0.15) is 0 Å². The van der Waals surface area contributed by atoms with E-state index in [1.165, 1.54) is 9.80 Å². The molecular weight excluding hydrogens is 470 g/mol. The molecule has 3 aliphatic rings. The van der Waals surface area contributed by atoms with Gasteiger partial charge in [0.2, 0.25) is 0 Å². The number of anilines is 1. The van der Waals surface area contributed by atoms with Gasteiger partial charge >= 0.3 is 0 Å². The van der Waals surface area contributed by atoms with Crippen molar-refractivity contribution in [3.05, 3.63) is 83.4 Å². The lowest BCUT2D eigenvalue weighted by molar-refractivity contribution is -0.143. The quantitative estimate of drug-likeness (QED) is 0.272. The average molecular weight is 502 g/mol. The largest absolute Gasteiger partial charge is 0.507 e. The molecular formula is C29H31N3O5. The summed E-state index contributed by atoms with van der Waals surface area (Å²) in [5.74, 6) is -2.42. The summed E-state index contributed by atoms with van der Waals surface area (Å²) < 4.78 is 5.42. The lowest BCUT2D eigenvalue weighted by Crippen LogP contribution is -2.52. The van der Waals surface area contributed by atoms with Crippen molar-refractivity contribution in [1.82, 2.24) is 9.80 Å². The number of aliphatic hydroxyl groups excluding tert-OH is 1. The Morgan fingerprint density at radius 3 is 2.46 bits per heavy atom. The van der Waals surface area contributed by atoms with Gasteiger partial charge in [-0.15, -0.1) is 6.58 Å². The molecule has 5 rings (SSSR count). The van der Waals surface area contributed by atoms with Crippen molar-refractivity contribution in [2.24, 2.45) is 0 Å². The summed E-state index contributed by atoms with van der Waals surface area (Å²) in [6, 6.07) is 14.2. The number of para-hydroxylation sites is 1. The second kappa shape index (κ2) is 9.95. The smallest absolute Gasteiger partial charge is 0.296 e. The highest BCUT2D eigenvalue weighted by atomic mass is 16.5. The van der Waals surface area contributed by atoms with Crippen LogP contribution in [0.25, 0.3) is 5.76 Å². The molecule has 8 heteroatoms. The Morgan fingerprint density at radius 1 is 1.05 bits per heavy atom. The highest BCUT2D eigenvalue weighted by Crippen LogP contribution is 2.53. The van der Waals surface area contributed by atoms with Crippen molar-refractivity contribution in [3.63, 3.8) is 0 Å². The third-order valence-corrected chi connectivity index (χ3v) is 7.41. The molecule has 2 saturated heterocycles. The van der Waals surface area contributed by atoms with Crippen molar-refractivity contribution in [1.29, 1.82) is 0 Å². The van der Waals surface area contributed by atoms with E-state index in [0.29, 0.717) is 43.0 Å². The fourth-order valence-corrected chi connectivity index (χ4v) is 5.61. The number of Topliss-reactive ketones (excluding diaryl/α,β-unsaturated/α-hetero) is 1. The molecule has 2 aromatic rings. The Hall–Kier alpha value is -3.75. The van der Waals surface area contributed by atoms with Crippen LogP contribution in [-0.2, 0) is 24.7 Å². The predicted octanol–water partition coefficient (Wildman–Crippen LogP) is 2.83. The summed E-state index contributed by atoms with van der Waals surface area (Å²) in [5, 5.41) is 11.5. The Balaban J connectivity index is 1.65. The van der Waals surface area contributed by atoms with Gasteiger partial charge in [-0.05, 0) is 19.4 Å². The molecule has 8 nitrogen and oxygen atoms in total. The molecule has 192 valence electrons. The number of carbonyl (C=O) groups is 3. The molecule has 37 heavy (non-hydrogen) atoms. The first-order chi connectivity index (χ1) is 17.9. The van der Waals surface area contributed by atoms with Crippen LogP contribution in [0.1, 0.15) is 23.1 Å². The van der Waals surface area contributed by atoms with E-state index >= 15 is 0 Å². The molecule has 0 bridgehead atoms. The van der Waals surface area contributed by atoms with E-state index in [9.17, 15) is 19.5 Å². The molecule has 2 fully saturated rings. The molecule has 3 aliphatic heterocycles. The lowest BCUT2D eigenvalue weighted by Gasteiger charge is -2.35. The average Bonchev–Trinajstić information content (AvgIpc) is 3.28. The van der Waals surface area contributed by atoms with Crippen molar-refractivity contribution < 1.29 is 24.2 Å². The number of aliphatic hydroxyl groups is 1. The standard InChI is InChI=1S/C29H31N3O5/c1-3-13-31-23-8-5-4-7-22(23)29(28(31)36)24(25(33)21-11-9-20(2)10-12-21)26(34)27(35)32(29)15-6-14-30-16-18-37-19-17-30/h3-5,7-12,33H,1,6,13-19H2,2H3/b25-24+. The highest BCUT2D eigenvalue weighted by molar-refractivity contribution is 6.50. The lowest BCUT2D eigenvalue weighted by atomic mass is 9.81. The van der Waals surface area contributed by atoms with Crippen molar-refractivity contribution in [2.45, 2.75) is 18.9 Å². The van der Waals surface area contributed by atoms with Gasteiger partial charge in [0.1, 0.15) is 5.76 Å². The number of nitrogens with zero attached hydrogens (tertiary/aromatic N) is 3. The molecule has 2 aromatic carbocycles. The van der Waals surface area contributed by atoms with Crippen LogP contribution >= 0.6 is 0 Å². The topological polar surface area (TPSA) is 90.4 Å². The number of aryl methyl sites for hydroxylation is 1. The van der Waals surface area contributed by atoms with Crippen LogP contribution in [0.2, 0.25) is 0 Å². The second-order valence-corrected chi connectivity index (χ2v) is 9.62. The van der Waals surface area contributed by atoms with E-state index in [-0.39, 0.29) is 24.4 Å². The highest BCUT2D eigenvalue weighted by Gasteiger charge is 2.66. The first kappa shape index (κ1) is 24.9. The van der Waals surface area contributed by atoms with Gasteiger partial charge in [-0.25, -0.2) is 0 Å². The second-order valence-electron chi connectivity index (χ2n) is 9.62. The Labute approximate surface area is 216 Å². The van der Waals surface area contributed by atoms with Crippen LogP contribution in [0, 0.1) is 6.92 Å². The van der Waals surface area contributed by atoms with Crippen LogP contribution in [0.5, 0.6) is 0 Å². The zero-order valence-electron chi connectivity index (χ0n) is 21.0. The number of hydrogen-bond donors (Lipinski definition) is 1. The summed E-state index contributed by atoms with van der Waals surface area (Å²) in [4.78, 5) is 46.6. The Bertz CT molecular complexity index is 1280. The monoisotopic (exact) mass is 501 g/mol. The van der Waals surface area contributed by atoms with Gasteiger partial charge in [0, 0.05) is 43.9 Å². The third kappa shape index (κ3) is 3.97. The molecule has 1 spiro atoms. The number of likely N-dealkylation sites (tertiary alicyclic amines) is 1. The van der Waals surface area contributed by atoms with E-state index in [1.54, 1.807) is 36.4 Å².